The Morgan fingerprint density at radius 3 is 2.83 bits per heavy atom. The molecule has 1 spiro atoms. The fourth-order valence-corrected chi connectivity index (χ4v) is 4.42. The van der Waals surface area contributed by atoms with Crippen molar-refractivity contribution in [3.63, 3.8) is 0 Å². The summed E-state index contributed by atoms with van der Waals surface area (Å²) in [6.45, 7) is 0. The highest BCUT2D eigenvalue weighted by Crippen LogP contribution is 2.48. The van der Waals surface area contributed by atoms with Gasteiger partial charge in [0.05, 0.1) is 6.04 Å². The Bertz CT molecular complexity index is 728. The molecule has 1 fully saturated rings. The lowest BCUT2D eigenvalue weighted by molar-refractivity contribution is -0.129. The van der Waals surface area contributed by atoms with Crippen LogP contribution in [0.3, 0.4) is 0 Å². The van der Waals surface area contributed by atoms with Crippen molar-refractivity contribution in [1.29, 1.82) is 0 Å². The number of halogens is 1. The highest BCUT2D eigenvalue weighted by Gasteiger charge is 2.55. The van der Waals surface area contributed by atoms with E-state index in [-0.39, 0.29) is 17.9 Å². The van der Waals surface area contributed by atoms with Crippen molar-refractivity contribution in [2.45, 2.75) is 50.0 Å². The first-order valence-corrected chi connectivity index (χ1v) is 8.59. The minimum absolute atomic E-state index is 0.0220. The first-order chi connectivity index (χ1) is 11.1. The summed E-state index contributed by atoms with van der Waals surface area (Å²) in [5.74, 6) is 0.00792. The van der Waals surface area contributed by atoms with Crippen LogP contribution in [-0.2, 0) is 15.0 Å². The van der Waals surface area contributed by atoms with Gasteiger partial charge < -0.3 is 10.6 Å². The summed E-state index contributed by atoms with van der Waals surface area (Å²) in [5, 5.41) is 6.69. The Morgan fingerprint density at radius 1 is 1.17 bits per heavy atom. The van der Waals surface area contributed by atoms with Gasteiger partial charge in [-0.3, -0.25) is 9.59 Å². The Labute approximate surface area is 140 Å². The average molecular weight is 331 g/mol. The number of piperidine rings is 1. The number of benzene rings is 1. The summed E-state index contributed by atoms with van der Waals surface area (Å²) in [4.78, 5) is 25.0. The molecule has 4 nitrogen and oxygen atoms in total. The van der Waals surface area contributed by atoms with Crippen LogP contribution in [0.25, 0.3) is 0 Å². The minimum Gasteiger partial charge on any atom is -0.348 e. The number of anilines is 1. The molecule has 0 aromatic heterocycles. The Balaban J connectivity index is 1.85. The number of allylic oxidation sites excluding steroid dienone is 1. The molecular formula is C18H19ClN2O2. The van der Waals surface area contributed by atoms with E-state index >= 15 is 0 Å². The number of carbonyl (C=O) groups is 2. The average Bonchev–Trinajstić information content (AvgIpc) is 2.82. The maximum atomic E-state index is 12.9. The molecule has 2 aliphatic heterocycles. The smallest absolute Gasteiger partial charge is 0.237 e. The number of hydrogen-bond acceptors (Lipinski definition) is 2. The molecule has 2 atom stereocenters. The monoisotopic (exact) mass is 330 g/mol. The van der Waals surface area contributed by atoms with Gasteiger partial charge in [-0.15, -0.1) is 0 Å². The van der Waals surface area contributed by atoms with E-state index in [4.69, 9.17) is 11.6 Å². The topological polar surface area (TPSA) is 58.2 Å². The van der Waals surface area contributed by atoms with Crippen LogP contribution in [0.1, 0.15) is 44.1 Å². The van der Waals surface area contributed by atoms with Crippen LogP contribution in [-0.4, -0.2) is 17.9 Å². The summed E-state index contributed by atoms with van der Waals surface area (Å²) in [6.07, 6.45) is 7.39. The molecule has 120 valence electrons. The predicted octanol–water partition coefficient (Wildman–Crippen LogP) is 3.31. The van der Waals surface area contributed by atoms with E-state index in [9.17, 15) is 9.59 Å². The highest BCUT2D eigenvalue weighted by atomic mass is 35.5. The molecule has 23 heavy (non-hydrogen) atoms. The molecule has 0 saturated carbocycles. The van der Waals surface area contributed by atoms with Crippen molar-refractivity contribution in [3.05, 3.63) is 40.4 Å². The summed E-state index contributed by atoms with van der Waals surface area (Å²) >= 11 is 6.07. The SMILES string of the molecule is O=C1CC[C@]2(C(=O)Nc3cc(Cl)ccc32)[C@@H](C2=CCCCC2)N1. The maximum Gasteiger partial charge on any atom is 0.237 e. The van der Waals surface area contributed by atoms with Crippen molar-refractivity contribution in [2.24, 2.45) is 0 Å². The number of carbonyl (C=O) groups excluding carboxylic acids is 2. The maximum absolute atomic E-state index is 12.9. The normalized spacial score (nSPS) is 29.8. The molecule has 5 heteroatoms. The molecule has 1 aliphatic carbocycles. The summed E-state index contributed by atoms with van der Waals surface area (Å²) in [7, 11) is 0. The van der Waals surface area contributed by atoms with Gasteiger partial charge in [0.2, 0.25) is 11.8 Å². The largest absolute Gasteiger partial charge is 0.348 e. The fourth-order valence-electron chi connectivity index (χ4n) is 4.25. The highest BCUT2D eigenvalue weighted by molar-refractivity contribution is 6.31. The molecule has 2 amide bonds. The van der Waals surface area contributed by atoms with Gasteiger partial charge in [0.25, 0.3) is 0 Å². The zero-order valence-corrected chi connectivity index (χ0v) is 13.6. The van der Waals surface area contributed by atoms with Gasteiger partial charge in [-0.2, -0.15) is 0 Å². The lowest BCUT2D eigenvalue weighted by Gasteiger charge is -2.42. The van der Waals surface area contributed by atoms with Crippen LogP contribution in [0.15, 0.2) is 29.8 Å². The van der Waals surface area contributed by atoms with Crippen molar-refractivity contribution < 1.29 is 9.59 Å². The summed E-state index contributed by atoms with van der Waals surface area (Å²) in [6, 6.07) is 5.31. The summed E-state index contributed by atoms with van der Waals surface area (Å²) < 4.78 is 0. The lowest BCUT2D eigenvalue weighted by Crippen LogP contribution is -2.59. The zero-order valence-electron chi connectivity index (χ0n) is 12.8. The van der Waals surface area contributed by atoms with E-state index in [1.54, 1.807) is 6.07 Å². The number of hydrogen-bond donors (Lipinski definition) is 2. The van der Waals surface area contributed by atoms with Gasteiger partial charge in [0.15, 0.2) is 0 Å². The second-order valence-corrected chi connectivity index (χ2v) is 7.08. The van der Waals surface area contributed by atoms with E-state index in [2.05, 4.69) is 16.7 Å². The molecule has 0 bridgehead atoms. The molecule has 3 aliphatic rings. The third-order valence-corrected chi connectivity index (χ3v) is 5.59. The van der Waals surface area contributed by atoms with Gasteiger partial charge in [-0.1, -0.05) is 29.3 Å². The van der Waals surface area contributed by atoms with Crippen LogP contribution < -0.4 is 10.6 Å². The minimum atomic E-state index is -0.697. The van der Waals surface area contributed by atoms with Gasteiger partial charge in [-0.25, -0.2) is 0 Å². The first-order valence-electron chi connectivity index (χ1n) is 8.21. The van der Waals surface area contributed by atoms with Gasteiger partial charge >= 0.3 is 0 Å². The number of fused-ring (bicyclic) bond motifs is 2. The molecule has 0 unspecified atom stereocenters. The second-order valence-electron chi connectivity index (χ2n) is 6.64. The number of nitrogens with one attached hydrogen (secondary N) is 2. The first kappa shape index (κ1) is 14.8. The number of amides is 2. The van der Waals surface area contributed by atoms with Crippen molar-refractivity contribution in [2.75, 3.05) is 5.32 Å². The van der Waals surface area contributed by atoms with Crippen LogP contribution in [0, 0.1) is 0 Å². The lowest BCUT2D eigenvalue weighted by atomic mass is 9.66. The van der Waals surface area contributed by atoms with Crippen LogP contribution in [0.4, 0.5) is 5.69 Å². The second kappa shape index (κ2) is 5.38. The van der Waals surface area contributed by atoms with E-state index < -0.39 is 5.41 Å². The molecule has 2 N–H and O–H groups in total. The van der Waals surface area contributed by atoms with E-state index in [1.807, 2.05) is 12.1 Å². The van der Waals surface area contributed by atoms with Crippen molar-refractivity contribution in [3.8, 4) is 0 Å². The van der Waals surface area contributed by atoms with E-state index in [0.29, 0.717) is 17.9 Å². The molecule has 1 aromatic carbocycles. The van der Waals surface area contributed by atoms with Crippen molar-refractivity contribution in [1.82, 2.24) is 5.32 Å². The Morgan fingerprint density at radius 2 is 2.04 bits per heavy atom. The molecule has 0 radical (unpaired) electrons. The van der Waals surface area contributed by atoms with Crippen LogP contribution in [0.5, 0.6) is 0 Å². The summed E-state index contributed by atoms with van der Waals surface area (Å²) in [5.41, 5.74) is 2.24. The predicted molar refractivity (Wildman–Crippen MR) is 89.5 cm³/mol. The number of rotatable bonds is 1. The fraction of sp³-hybridized carbons (Fsp3) is 0.444. The van der Waals surface area contributed by atoms with Gasteiger partial charge in [0, 0.05) is 17.1 Å². The van der Waals surface area contributed by atoms with Crippen LogP contribution >= 0.6 is 11.6 Å². The standard InChI is InChI=1S/C18H19ClN2O2/c19-12-6-7-13-14(10-12)20-17(23)18(13)9-8-15(22)21-16(18)11-4-2-1-3-5-11/h4,6-7,10,16H,1-3,5,8-9H2,(H,20,23)(H,21,22)/t16-,18-/m1/s1. The van der Waals surface area contributed by atoms with E-state index in [0.717, 1.165) is 30.5 Å². The van der Waals surface area contributed by atoms with Crippen LogP contribution in [0.2, 0.25) is 5.02 Å². The third kappa shape index (κ3) is 2.19. The van der Waals surface area contributed by atoms with Gasteiger partial charge in [0.1, 0.15) is 5.41 Å². The molecule has 2 heterocycles. The van der Waals surface area contributed by atoms with Crippen molar-refractivity contribution >= 4 is 29.1 Å². The quantitative estimate of drug-likeness (QED) is 0.776. The zero-order chi connectivity index (χ0) is 16.0. The van der Waals surface area contributed by atoms with Gasteiger partial charge in [-0.05, 0) is 49.8 Å². The Hall–Kier alpha value is -1.81. The third-order valence-electron chi connectivity index (χ3n) is 5.36. The molecule has 1 aromatic rings. The molecule has 4 rings (SSSR count). The molecule has 1 saturated heterocycles. The van der Waals surface area contributed by atoms with E-state index in [1.165, 1.54) is 12.0 Å². The molecular weight excluding hydrogens is 312 g/mol. The Kier molecular flexibility index (Phi) is 3.45.